The van der Waals surface area contributed by atoms with Crippen molar-refractivity contribution in [2.45, 2.75) is 52.4 Å². The molecule has 164 valence electrons. The number of furan rings is 1. The first-order valence-electron chi connectivity index (χ1n) is 11.0. The molecular formula is C23H30N6O2. The average Bonchev–Trinajstić information content (AvgIpc) is 3.41. The monoisotopic (exact) mass is 422 g/mol. The normalized spacial score (nSPS) is 14.1. The van der Waals surface area contributed by atoms with E-state index in [-0.39, 0.29) is 5.91 Å². The molecule has 4 heterocycles. The smallest absolute Gasteiger partial charge is 0.220 e. The number of hydrogen-bond donors (Lipinski definition) is 1. The molecule has 4 rings (SSSR count). The number of nitrogens with one attached hydrogen (secondary N) is 1. The molecule has 8 heteroatoms. The van der Waals surface area contributed by atoms with E-state index in [1.165, 1.54) is 19.3 Å². The first-order valence-corrected chi connectivity index (χ1v) is 11.0. The molecule has 1 aliphatic heterocycles. The minimum absolute atomic E-state index is 0.0313. The number of piperidine rings is 1. The molecule has 0 spiro atoms. The lowest BCUT2D eigenvalue weighted by Gasteiger charge is -2.27. The lowest BCUT2D eigenvalue weighted by atomic mass is 10.1. The van der Waals surface area contributed by atoms with E-state index in [9.17, 15) is 4.79 Å². The third kappa shape index (κ3) is 5.13. The van der Waals surface area contributed by atoms with E-state index in [0.29, 0.717) is 31.6 Å². The number of carbonyl (C=O) groups is 1. The molecule has 0 aromatic carbocycles. The fourth-order valence-electron chi connectivity index (χ4n) is 4.09. The number of hydrogen-bond acceptors (Lipinski definition) is 6. The van der Waals surface area contributed by atoms with Crippen molar-refractivity contribution >= 4 is 11.7 Å². The van der Waals surface area contributed by atoms with Crippen molar-refractivity contribution in [2.24, 2.45) is 0 Å². The Balaban J connectivity index is 1.35. The van der Waals surface area contributed by atoms with Gasteiger partial charge in [-0.05, 0) is 69.4 Å². The van der Waals surface area contributed by atoms with Crippen LogP contribution in [0.2, 0.25) is 0 Å². The topological polar surface area (TPSA) is 89.1 Å². The van der Waals surface area contributed by atoms with Gasteiger partial charge in [-0.15, -0.1) is 10.2 Å². The van der Waals surface area contributed by atoms with Gasteiger partial charge in [0.15, 0.2) is 11.6 Å². The molecule has 8 nitrogen and oxygen atoms in total. The van der Waals surface area contributed by atoms with Crippen molar-refractivity contribution < 1.29 is 9.21 Å². The Hall–Kier alpha value is -3.16. The largest absolute Gasteiger partial charge is 0.469 e. The Labute approximate surface area is 182 Å². The first-order chi connectivity index (χ1) is 15.1. The molecule has 3 aromatic rings. The van der Waals surface area contributed by atoms with Crippen LogP contribution in [-0.2, 0) is 17.6 Å². The van der Waals surface area contributed by atoms with Crippen molar-refractivity contribution in [1.82, 2.24) is 25.3 Å². The Bertz CT molecular complexity index is 988. The zero-order valence-electron chi connectivity index (χ0n) is 18.3. The summed E-state index contributed by atoms with van der Waals surface area (Å²) in [5.74, 6) is 2.54. The molecule has 0 radical (unpaired) electrons. The predicted octanol–water partition coefficient (Wildman–Crippen LogP) is 3.15. The van der Waals surface area contributed by atoms with Gasteiger partial charge >= 0.3 is 0 Å². The maximum Gasteiger partial charge on any atom is 0.220 e. The summed E-state index contributed by atoms with van der Waals surface area (Å²) in [5, 5.41) is 16.5. The summed E-state index contributed by atoms with van der Waals surface area (Å²) in [6, 6.07) is 7.76. The van der Waals surface area contributed by atoms with Gasteiger partial charge < -0.3 is 14.6 Å². The molecule has 0 unspecified atom stereocenters. The standard InChI is InChI=1S/C23H30N6O2/c1-17-20(8-11-23(30)24-13-12-19-7-6-16-31-19)18(2)29(27-17)22-10-9-21(25-26-22)28-14-4-3-5-15-28/h6-7,9-10,16H,3-5,8,11-15H2,1-2H3,(H,24,30). The van der Waals surface area contributed by atoms with Crippen molar-refractivity contribution in [2.75, 3.05) is 24.5 Å². The molecule has 0 saturated carbocycles. The lowest BCUT2D eigenvalue weighted by molar-refractivity contribution is -0.121. The van der Waals surface area contributed by atoms with E-state index >= 15 is 0 Å². The van der Waals surface area contributed by atoms with Crippen LogP contribution in [0.15, 0.2) is 34.9 Å². The number of rotatable bonds is 8. The second-order valence-corrected chi connectivity index (χ2v) is 8.04. The van der Waals surface area contributed by atoms with Gasteiger partial charge in [0.05, 0.1) is 12.0 Å². The molecule has 3 aromatic heterocycles. The van der Waals surface area contributed by atoms with Crippen LogP contribution in [0.4, 0.5) is 5.82 Å². The fourth-order valence-corrected chi connectivity index (χ4v) is 4.09. The van der Waals surface area contributed by atoms with Gasteiger partial charge in [-0.1, -0.05) is 0 Å². The molecule has 1 amide bonds. The van der Waals surface area contributed by atoms with Gasteiger partial charge in [0.1, 0.15) is 5.76 Å². The van der Waals surface area contributed by atoms with Crippen LogP contribution in [0.25, 0.3) is 5.82 Å². The number of anilines is 1. The third-order valence-electron chi connectivity index (χ3n) is 5.85. The summed E-state index contributed by atoms with van der Waals surface area (Å²) in [5.41, 5.74) is 3.01. The SMILES string of the molecule is Cc1nn(-c2ccc(N3CCCCC3)nn2)c(C)c1CCC(=O)NCCc1ccco1. The maximum atomic E-state index is 12.2. The van der Waals surface area contributed by atoms with Gasteiger partial charge in [-0.2, -0.15) is 5.10 Å². The van der Waals surface area contributed by atoms with E-state index in [1.54, 1.807) is 6.26 Å². The molecular weight excluding hydrogens is 392 g/mol. The summed E-state index contributed by atoms with van der Waals surface area (Å²) in [4.78, 5) is 14.5. The van der Waals surface area contributed by atoms with Crippen molar-refractivity contribution in [3.05, 3.63) is 53.2 Å². The highest BCUT2D eigenvalue weighted by atomic mass is 16.3. The zero-order chi connectivity index (χ0) is 21.6. The predicted molar refractivity (Wildman–Crippen MR) is 118 cm³/mol. The minimum atomic E-state index is 0.0313. The number of carbonyl (C=O) groups excluding carboxylic acids is 1. The summed E-state index contributed by atoms with van der Waals surface area (Å²) in [6.07, 6.45) is 7.11. The van der Waals surface area contributed by atoms with Crippen LogP contribution in [0.1, 0.15) is 48.4 Å². The molecule has 1 N–H and O–H groups in total. The number of aromatic nitrogens is 4. The number of nitrogens with zero attached hydrogens (tertiary/aromatic N) is 5. The molecule has 0 bridgehead atoms. The van der Waals surface area contributed by atoms with Gasteiger partial charge in [0, 0.05) is 38.2 Å². The van der Waals surface area contributed by atoms with Crippen molar-refractivity contribution in [3.8, 4) is 5.82 Å². The van der Waals surface area contributed by atoms with Crippen molar-refractivity contribution in [3.63, 3.8) is 0 Å². The summed E-state index contributed by atoms with van der Waals surface area (Å²) < 4.78 is 7.11. The quantitative estimate of drug-likeness (QED) is 0.600. The van der Waals surface area contributed by atoms with Crippen LogP contribution in [0.5, 0.6) is 0 Å². The summed E-state index contributed by atoms with van der Waals surface area (Å²) >= 11 is 0. The lowest BCUT2D eigenvalue weighted by Crippen LogP contribution is -2.30. The summed E-state index contributed by atoms with van der Waals surface area (Å²) in [6.45, 7) is 6.65. The van der Waals surface area contributed by atoms with Crippen LogP contribution < -0.4 is 10.2 Å². The zero-order valence-corrected chi connectivity index (χ0v) is 18.3. The Morgan fingerprint density at radius 1 is 1.06 bits per heavy atom. The first kappa shape index (κ1) is 21.1. The molecule has 1 fully saturated rings. The van der Waals surface area contributed by atoms with E-state index in [4.69, 9.17) is 4.42 Å². The van der Waals surface area contributed by atoms with Crippen LogP contribution in [-0.4, -0.2) is 45.5 Å². The van der Waals surface area contributed by atoms with E-state index in [1.807, 2.05) is 42.8 Å². The van der Waals surface area contributed by atoms with Gasteiger partial charge in [0.25, 0.3) is 0 Å². The Morgan fingerprint density at radius 3 is 2.55 bits per heavy atom. The number of aryl methyl sites for hydroxylation is 1. The second-order valence-electron chi connectivity index (χ2n) is 8.04. The van der Waals surface area contributed by atoms with Gasteiger partial charge in [-0.3, -0.25) is 4.79 Å². The van der Waals surface area contributed by atoms with Crippen molar-refractivity contribution in [1.29, 1.82) is 0 Å². The molecule has 1 saturated heterocycles. The third-order valence-corrected chi connectivity index (χ3v) is 5.85. The number of amides is 1. The van der Waals surface area contributed by atoms with E-state index in [2.05, 4.69) is 25.5 Å². The Kier molecular flexibility index (Phi) is 6.64. The average molecular weight is 423 g/mol. The Morgan fingerprint density at radius 2 is 1.84 bits per heavy atom. The maximum absolute atomic E-state index is 12.2. The van der Waals surface area contributed by atoms with Gasteiger partial charge in [-0.25, -0.2) is 4.68 Å². The van der Waals surface area contributed by atoms with E-state index in [0.717, 1.165) is 41.6 Å². The van der Waals surface area contributed by atoms with Gasteiger partial charge in [0.2, 0.25) is 5.91 Å². The van der Waals surface area contributed by atoms with Crippen LogP contribution in [0.3, 0.4) is 0 Å². The van der Waals surface area contributed by atoms with Crippen LogP contribution in [0, 0.1) is 13.8 Å². The fraction of sp³-hybridized carbons (Fsp3) is 0.478. The highest BCUT2D eigenvalue weighted by Crippen LogP contribution is 2.21. The van der Waals surface area contributed by atoms with E-state index < -0.39 is 0 Å². The molecule has 0 aliphatic carbocycles. The molecule has 31 heavy (non-hydrogen) atoms. The highest BCUT2D eigenvalue weighted by molar-refractivity contribution is 5.76. The van der Waals surface area contributed by atoms with Crippen LogP contribution >= 0.6 is 0 Å². The highest BCUT2D eigenvalue weighted by Gasteiger charge is 2.17. The summed E-state index contributed by atoms with van der Waals surface area (Å²) in [7, 11) is 0. The second kappa shape index (κ2) is 9.76. The minimum Gasteiger partial charge on any atom is -0.469 e. The molecule has 1 aliphatic rings. The molecule has 0 atom stereocenters.